The summed E-state index contributed by atoms with van der Waals surface area (Å²) in [5.74, 6) is -0.150. The molecule has 2 aliphatic heterocycles. The molecular formula is C18H21FN6. The quantitative estimate of drug-likeness (QED) is 0.780. The number of nitrogens with two attached hydrogens (primary N) is 1. The van der Waals surface area contributed by atoms with E-state index < -0.39 is 0 Å². The van der Waals surface area contributed by atoms with E-state index in [1.807, 2.05) is 29.3 Å². The largest absolute Gasteiger partial charge is 0.383 e. The van der Waals surface area contributed by atoms with E-state index in [-0.39, 0.29) is 18.4 Å². The Morgan fingerprint density at radius 1 is 1.28 bits per heavy atom. The van der Waals surface area contributed by atoms with Crippen LogP contribution in [0.15, 0.2) is 54.0 Å². The molecule has 0 spiro atoms. The third-order valence-corrected chi connectivity index (χ3v) is 4.57. The Hall–Kier alpha value is -2.67. The highest BCUT2D eigenvalue weighted by Gasteiger charge is 2.27. The lowest BCUT2D eigenvalue weighted by atomic mass is 10.1. The van der Waals surface area contributed by atoms with Crippen molar-refractivity contribution in [1.29, 1.82) is 0 Å². The summed E-state index contributed by atoms with van der Waals surface area (Å²) in [4.78, 5) is 10.6. The predicted octanol–water partition coefficient (Wildman–Crippen LogP) is 1.38. The first-order valence-electron chi connectivity index (χ1n) is 8.47. The van der Waals surface area contributed by atoms with Crippen LogP contribution in [-0.2, 0) is 6.54 Å². The first-order chi connectivity index (χ1) is 12.2. The van der Waals surface area contributed by atoms with Crippen molar-refractivity contribution in [1.82, 2.24) is 25.5 Å². The van der Waals surface area contributed by atoms with Gasteiger partial charge in [-0.25, -0.2) is 4.39 Å². The zero-order valence-corrected chi connectivity index (χ0v) is 13.9. The van der Waals surface area contributed by atoms with Crippen LogP contribution < -0.4 is 16.4 Å². The summed E-state index contributed by atoms with van der Waals surface area (Å²) in [6, 6.07) is 6.06. The average molecular weight is 340 g/mol. The highest BCUT2D eigenvalue weighted by molar-refractivity contribution is 5.74. The molecule has 1 unspecified atom stereocenters. The van der Waals surface area contributed by atoms with Crippen LogP contribution in [0.2, 0.25) is 0 Å². The van der Waals surface area contributed by atoms with Gasteiger partial charge in [0, 0.05) is 44.3 Å². The maximum absolute atomic E-state index is 14.4. The Labute approximate surface area is 145 Å². The topological polar surface area (TPSA) is 79.1 Å². The zero-order chi connectivity index (χ0) is 17.2. The van der Waals surface area contributed by atoms with E-state index in [0.29, 0.717) is 18.8 Å². The van der Waals surface area contributed by atoms with Gasteiger partial charge >= 0.3 is 0 Å². The van der Waals surface area contributed by atoms with E-state index in [9.17, 15) is 4.39 Å². The number of halogens is 1. The highest BCUT2D eigenvalue weighted by Crippen LogP contribution is 2.25. The minimum Gasteiger partial charge on any atom is -0.383 e. The molecule has 2 aromatic rings. The fourth-order valence-corrected chi connectivity index (χ4v) is 3.32. The highest BCUT2D eigenvalue weighted by atomic mass is 19.1. The number of rotatable bonds is 4. The van der Waals surface area contributed by atoms with E-state index in [0.717, 1.165) is 35.3 Å². The number of benzene rings is 1. The fourth-order valence-electron chi connectivity index (χ4n) is 3.32. The molecule has 0 saturated carbocycles. The van der Waals surface area contributed by atoms with Crippen molar-refractivity contribution in [2.75, 3.05) is 19.6 Å². The van der Waals surface area contributed by atoms with E-state index in [1.54, 1.807) is 12.4 Å². The van der Waals surface area contributed by atoms with Crippen molar-refractivity contribution in [3.05, 3.63) is 59.6 Å². The van der Waals surface area contributed by atoms with Gasteiger partial charge in [-0.05, 0) is 24.1 Å². The summed E-state index contributed by atoms with van der Waals surface area (Å²) in [6.45, 7) is 2.27. The van der Waals surface area contributed by atoms with Gasteiger partial charge < -0.3 is 21.3 Å². The number of hydrogen-bond acceptors (Lipinski definition) is 6. The maximum atomic E-state index is 14.4. The lowest BCUT2D eigenvalue weighted by molar-refractivity contribution is 0.388. The summed E-state index contributed by atoms with van der Waals surface area (Å²) < 4.78 is 14.4. The molecule has 1 aromatic carbocycles. The van der Waals surface area contributed by atoms with Crippen LogP contribution in [0.1, 0.15) is 12.0 Å². The Morgan fingerprint density at radius 3 is 2.92 bits per heavy atom. The second-order valence-corrected chi connectivity index (χ2v) is 6.42. The smallest absolute Gasteiger partial charge is 0.144 e. The van der Waals surface area contributed by atoms with Crippen molar-refractivity contribution < 1.29 is 4.39 Å². The van der Waals surface area contributed by atoms with Crippen LogP contribution in [-0.4, -0.2) is 40.5 Å². The van der Waals surface area contributed by atoms with Gasteiger partial charge in [0.2, 0.25) is 0 Å². The van der Waals surface area contributed by atoms with Crippen LogP contribution in [0, 0.1) is 0 Å². The van der Waals surface area contributed by atoms with Gasteiger partial charge in [-0.1, -0.05) is 6.07 Å². The van der Waals surface area contributed by atoms with Crippen LogP contribution in [0.25, 0.3) is 11.0 Å². The molecule has 3 heterocycles. The summed E-state index contributed by atoms with van der Waals surface area (Å²) in [6.07, 6.45) is 6.09. The van der Waals surface area contributed by atoms with Gasteiger partial charge in [0.1, 0.15) is 5.83 Å². The van der Waals surface area contributed by atoms with E-state index in [1.165, 1.54) is 0 Å². The maximum Gasteiger partial charge on any atom is 0.144 e. The molecular weight excluding hydrogens is 319 g/mol. The summed E-state index contributed by atoms with van der Waals surface area (Å²) in [7, 11) is 0. The number of fused-ring (bicyclic) bond motifs is 1. The lowest BCUT2D eigenvalue weighted by Crippen LogP contribution is -2.34. The SMILES string of the molecule is NC1CCN(C2=C(F)CNC=C2NCc2ccc3nccnc3c2)C1. The Bertz CT molecular complexity index is 846. The third kappa shape index (κ3) is 3.28. The van der Waals surface area contributed by atoms with E-state index >= 15 is 0 Å². The van der Waals surface area contributed by atoms with Gasteiger partial charge in [0.05, 0.1) is 29.0 Å². The van der Waals surface area contributed by atoms with Crippen molar-refractivity contribution in [3.63, 3.8) is 0 Å². The Kier molecular flexibility index (Phi) is 4.23. The molecule has 0 bridgehead atoms. The Balaban J connectivity index is 1.51. The van der Waals surface area contributed by atoms with Crippen LogP contribution >= 0.6 is 0 Å². The van der Waals surface area contributed by atoms with Crippen LogP contribution in [0.5, 0.6) is 0 Å². The minimum atomic E-state index is -0.150. The average Bonchev–Trinajstić information content (AvgIpc) is 3.05. The summed E-state index contributed by atoms with van der Waals surface area (Å²) in [5, 5.41) is 6.32. The second kappa shape index (κ2) is 6.68. The van der Waals surface area contributed by atoms with Gasteiger partial charge in [0.15, 0.2) is 0 Å². The fraction of sp³-hybridized carbons (Fsp3) is 0.333. The van der Waals surface area contributed by atoms with Crippen LogP contribution in [0.3, 0.4) is 0 Å². The molecule has 0 amide bonds. The zero-order valence-electron chi connectivity index (χ0n) is 13.9. The normalized spacial score (nSPS) is 20.6. The summed E-state index contributed by atoms with van der Waals surface area (Å²) >= 11 is 0. The third-order valence-electron chi connectivity index (χ3n) is 4.57. The standard InChI is InChI=1S/C18H21FN6/c19-14-9-21-10-17(18(14)25-6-3-13(20)11-25)24-8-12-1-2-15-16(7-12)23-5-4-22-15/h1-2,4-5,7,10,13,21,24H,3,6,8-9,11,20H2. The number of aromatic nitrogens is 2. The molecule has 2 aliphatic rings. The van der Waals surface area contributed by atoms with E-state index in [4.69, 9.17) is 5.73 Å². The molecule has 4 N–H and O–H groups in total. The number of hydrogen-bond donors (Lipinski definition) is 3. The Morgan fingerprint density at radius 2 is 2.12 bits per heavy atom. The number of dihydropyridines is 1. The second-order valence-electron chi connectivity index (χ2n) is 6.42. The molecule has 6 nitrogen and oxygen atoms in total. The molecule has 1 aromatic heterocycles. The molecule has 7 heteroatoms. The number of likely N-dealkylation sites (tertiary alicyclic amines) is 1. The molecule has 1 saturated heterocycles. The molecule has 25 heavy (non-hydrogen) atoms. The van der Waals surface area contributed by atoms with E-state index in [2.05, 4.69) is 20.6 Å². The molecule has 1 atom stereocenters. The monoisotopic (exact) mass is 340 g/mol. The first kappa shape index (κ1) is 15.8. The molecule has 0 aliphatic carbocycles. The van der Waals surface area contributed by atoms with Crippen molar-refractivity contribution in [2.24, 2.45) is 5.73 Å². The van der Waals surface area contributed by atoms with Crippen LogP contribution in [0.4, 0.5) is 4.39 Å². The number of nitrogens with one attached hydrogen (secondary N) is 2. The first-order valence-corrected chi connectivity index (χ1v) is 8.47. The summed E-state index contributed by atoms with van der Waals surface area (Å²) in [5.41, 5.74) is 10.2. The van der Waals surface area contributed by atoms with Gasteiger partial charge in [-0.2, -0.15) is 0 Å². The van der Waals surface area contributed by atoms with Crippen molar-refractivity contribution in [3.8, 4) is 0 Å². The lowest BCUT2D eigenvalue weighted by Gasteiger charge is -2.28. The molecule has 130 valence electrons. The molecule has 0 radical (unpaired) electrons. The molecule has 1 fully saturated rings. The van der Waals surface area contributed by atoms with Crippen molar-refractivity contribution >= 4 is 11.0 Å². The van der Waals surface area contributed by atoms with Gasteiger partial charge in [-0.3, -0.25) is 9.97 Å². The minimum absolute atomic E-state index is 0.107. The van der Waals surface area contributed by atoms with Gasteiger partial charge in [0.25, 0.3) is 0 Å². The van der Waals surface area contributed by atoms with Gasteiger partial charge in [-0.15, -0.1) is 0 Å². The molecule has 4 rings (SSSR count). The van der Waals surface area contributed by atoms with Crippen molar-refractivity contribution in [2.45, 2.75) is 19.0 Å². The predicted molar refractivity (Wildman–Crippen MR) is 94.8 cm³/mol. The number of nitrogens with zero attached hydrogens (tertiary/aromatic N) is 3.